The molecular weight excluding hydrogens is 426 g/mol. The third kappa shape index (κ3) is 4.53. The zero-order chi connectivity index (χ0) is 21.3. The van der Waals surface area contributed by atoms with E-state index in [9.17, 15) is 18.0 Å². The van der Waals surface area contributed by atoms with Gasteiger partial charge in [-0.05, 0) is 42.1 Å². The molecule has 30 heavy (non-hydrogen) atoms. The number of hydrogen-bond donors (Lipinski definition) is 2. The van der Waals surface area contributed by atoms with E-state index in [1.807, 2.05) is 0 Å². The number of sulfonamides is 1. The Morgan fingerprint density at radius 3 is 2.60 bits per heavy atom. The maximum Gasteiger partial charge on any atom is 0.290 e. The summed E-state index contributed by atoms with van der Waals surface area (Å²) in [5.74, 6) is 5.92. The van der Waals surface area contributed by atoms with Crippen molar-refractivity contribution in [1.29, 1.82) is 0 Å². The van der Waals surface area contributed by atoms with Crippen LogP contribution in [0.5, 0.6) is 0 Å². The number of pyridine rings is 1. The van der Waals surface area contributed by atoms with E-state index in [1.54, 1.807) is 42.7 Å². The van der Waals surface area contributed by atoms with Crippen LogP contribution in [-0.4, -0.2) is 30.8 Å². The number of rotatable bonds is 3. The molecule has 2 amide bonds. The molecule has 10 heteroatoms. The minimum absolute atomic E-state index is 0.252. The summed E-state index contributed by atoms with van der Waals surface area (Å²) >= 11 is 0.810. The fraction of sp³-hybridized carbons (Fsp3) is 0.0500. The molecule has 4 rings (SSSR count). The van der Waals surface area contributed by atoms with Crippen molar-refractivity contribution in [3.05, 3.63) is 64.5 Å². The van der Waals surface area contributed by atoms with Crippen molar-refractivity contribution in [3.8, 4) is 11.8 Å². The fourth-order valence-corrected chi connectivity index (χ4v) is 3.89. The van der Waals surface area contributed by atoms with Crippen LogP contribution in [0.2, 0.25) is 0 Å². The molecular formula is C20H13N3O5S2. The van der Waals surface area contributed by atoms with Crippen molar-refractivity contribution >= 4 is 55.7 Å². The number of carbonyl (C=O) groups excluding carboxylic acids is 2. The van der Waals surface area contributed by atoms with E-state index in [2.05, 4.69) is 26.9 Å². The highest BCUT2D eigenvalue weighted by Gasteiger charge is 2.25. The molecule has 3 aromatic rings. The minimum atomic E-state index is -3.34. The summed E-state index contributed by atoms with van der Waals surface area (Å²) in [5, 5.41) is 2.47. The van der Waals surface area contributed by atoms with Crippen LogP contribution in [0.25, 0.3) is 17.0 Å². The Labute approximate surface area is 175 Å². The molecule has 0 atom stereocenters. The molecule has 0 bridgehead atoms. The zero-order valence-electron chi connectivity index (χ0n) is 15.4. The molecule has 2 N–H and O–H groups in total. The molecule has 2 aromatic heterocycles. The largest absolute Gasteiger partial charge is 0.455 e. The molecule has 1 aliphatic heterocycles. The van der Waals surface area contributed by atoms with Gasteiger partial charge in [-0.1, -0.05) is 11.8 Å². The normalized spacial score (nSPS) is 15.2. The van der Waals surface area contributed by atoms with Gasteiger partial charge in [0, 0.05) is 35.1 Å². The smallest absolute Gasteiger partial charge is 0.290 e. The number of imide groups is 1. The first-order chi connectivity index (χ1) is 14.3. The van der Waals surface area contributed by atoms with Crippen molar-refractivity contribution in [2.24, 2.45) is 0 Å². The lowest BCUT2D eigenvalue weighted by atomic mass is 10.2. The van der Waals surface area contributed by atoms with E-state index in [1.165, 1.54) is 6.08 Å². The first-order valence-electron chi connectivity index (χ1n) is 8.49. The van der Waals surface area contributed by atoms with E-state index in [0.717, 1.165) is 18.0 Å². The number of anilines is 1. The number of thioether (sulfide) groups is 1. The Balaban J connectivity index is 1.62. The fourth-order valence-electron chi connectivity index (χ4n) is 2.67. The number of benzene rings is 1. The average molecular weight is 439 g/mol. The third-order valence-corrected chi connectivity index (χ3v) is 5.30. The standard InChI is InChI=1S/C20H13N3O5S2/c1-30(26,27)23-15-6-3-12(4-7-15)2-5-13-10-21-11-14-8-16(28-18(13)14)9-17-19(24)22-20(25)29-17/h3-4,6-11,23H,1H3,(H,22,24,25)/b17-9+. The number of amides is 2. The van der Waals surface area contributed by atoms with Crippen LogP contribution < -0.4 is 10.0 Å². The summed E-state index contributed by atoms with van der Waals surface area (Å²) in [6.45, 7) is 0. The van der Waals surface area contributed by atoms with Gasteiger partial charge in [0.25, 0.3) is 11.1 Å². The van der Waals surface area contributed by atoms with Gasteiger partial charge >= 0.3 is 0 Å². The second-order valence-electron chi connectivity index (χ2n) is 6.31. The van der Waals surface area contributed by atoms with Crippen molar-refractivity contribution in [1.82, 2.24) is 10.3 Å². The monoisotopic (exact) mass is 439 g/mol. The van der Waals surface area contributed by atoms with Crippen LogP contribution >= 0.6 is 11.8 Å². The summed E-state index contributed by atoms with van der Waals surface area (Å²) in [6.07, 6.45) is 5.76. The Morgan fingerprint density at radius 1 is 1.17 bits per heavy atom. The summed E-state index contributed by atoms with van der Waals surface area (Å²) < 4.78 is 30.7. The third-order valence-electron chi connectivity index (χ3n) is 3.89. The highest BCUT2D eigenvalue weighted by Crippen LogP contribution is 2.28. The number of aromatic nitrogens is 1. The molecule has 0 saturated carbocycles. The average Bonchev–Trinajstić information content (AvgIpc) is 3.22. The second-order valence-corrected chi connectivity index (χ2v) is 9.07. The molecule has 0 aliphatic carbocycles. The first-order valence-corrected chi connectivity index (χ1v) is 11.2. The molecule has 0 unspecified atom stereocenters. The molecule has 0 radical (unpaired) electrons. The summed E-state index contributed by atoms with van der Waals surface area (Å²) in [5.41, 5.74) is 2.19. The molecule has 150 valence electrons. The maximum atomic E-state index is 11.7. The Kier molecular flexibility index (Phi) is 5.07. The first kappa shape index (κ1) is 19.8. The quantitative estimate of drug-likeness (QED) is 0.476. The van der Waals surface area contributed by atoms with Gasteiger partial charge in [0.05, 0.1) is 16.7 Å². The van der Waals surface area contributed by atoms with Crippen molar-refractivity contribution in [2.75, 3.05) is 11.0 Å². The Morgan fingerprint density at radius 2 is 1.93 bits per heavy atom. The van der Waals surface area contributed by atoms with Gasteiger partial charge in [-0.15, -0.1) is 0 Å². The van der Waals surface area contributed by atoms with Gasteiger partial charge in [0.1, 0.15) is 5.76 Å². The molecule has 0 spiro atoms. The second kappa shape index (κ2) is 7.70. The van der Waals surface area contributed by atoms with Crippen LogP contribution in [0, 0.1) is 11.8 Å². The molecule has 1 aromatic carbocycles. The van der Waals surface area contributed by atoms with E-state index >= 15 is 0 Å². The van der Waals surface area contributed by atoms with E-state index < -0.39 is 21.2 Å². The number of nitrogens with one attached hydrogen (secondary N) is 2. The Bertz CT molecular complexity index is 1380. The summed E-state index contributed by atoms with van der Waals surface area (Å²) in [4.78, 5) is 27.4. The lowest BCUT2D eigenvalue weighted by molar-refractivity contribution is -0.115. The SMILES string of the molecule is CS(=O)(=O)Nc1ccc(C#Cc2cncc3cc(/C=C4/SC(=O)NC4=O)oc23)cc1. The van der Waals surface area contributed by atoms with Crippen molar-refractivity contribution in [3.63, 3.8) is 0 Å². The number of hydrogen-bond acceptors (Lipinski definition) is 7. The van der Waals surface area contributed by atoms with Gasteiger partial charge in [0.15, 0.2) is 5.58 Å². The van der Waals surface area contributed by atoms with E-state index in [4.69, 9.17) is 4.42 Å². The van der Waals surface area contributed by atoms with E-state index in [-0.39, 0.29) is 4.91 Å². The highest BCUT2D eigenvalue weighted by molar-refractivity contribution is 8.18. The lowest BCUT2D eigenvalue weighted by Crippen LogP contribution is -2.17. The predicted octanol–water partition coefficient (Wildman–Crippen LogP) is 2.92. The maximum absolute atomic E-state index is 11.7. The van der Waals surface area contributed by atoms with Gasteiger partial charge in [-0.25, -0.2) is 8.42 Å². The molecule has 1 aliphatic rings. The van der Waals surface area contributed by atoms with Crippen molar-refractivity contribution < 1.29 is 22.4 Å². The van der Waals surface area contributed by atoms with Crippen LogP contribution in [0.3, 0.4) is 0 Å². The minimum Gasteiger partial charge on any atom is -0.455 e. The summed E-state index contributed by atoms with van der Waals surface area (Å²) in [6, 6.07) is 8.33. The van der Waals surface area contributed by atoms with Crippen LogP contribution in [0.15, 0.2) is 52.0 Å². The number of furan rings is 1. The number of fused-ring (bicyclic) bond motifs is 1. The lowest BCUT2D eigenvalue weighted by Gasteiger charge is -2.02. The molecule has 8 nitrogen and oxygen atoms in total. The van der Waals surface area contributed by atoms with Gasteiger partial charge in [-0.2, -0.15) is 0 Å². The van der Waals surface area contributed by atoms with Gasteiger partial charge < -0.3 is 4.42 Å². The van der Waals surface area contributed by atoms with Crippen LogP contribution in [0.1, 0.15) is 16.9 Å². The molecule has 1 fully saturated rings. The Hall–Kier alpha value is -3.55. The van der Waals surface area contributed by atoms with Gasteiger partial charge in [0.2, 0.25) is 10.0 Å². The topological polar surface area (TPSA) is 118 Å². The number of carbonyl (C=O) groups is 2. The highest BCUT2D eigenvalue weighted by atomic mass is 32.2. The molecule has 3 heterocycles. The number of nitrogens with zero attached hydrogens (tertiary/aromatic N) is 1. The van der Waals surface area contributed by atoms with Crippen molar-refractivity contribution in [2.45, 2.75) is 0 Å². The zero-order valence-corrected chi connectivity index (χ0v) is 17.1. The van der Waals surface area contributed by atoms with Crippen LogP contribution in [-0.2, 0) is 14.8 Å². The molecule has 1 saturated heterocycles. The summed E-state index contributed by atoms with van der Waals surface area (Å²) in [7, 11) is -3.34. The predicted molar refractivity (Wildman–Crippen MR) is 114 cm³/mol. The van der Waals surface area contributed by atoms with Gasteiger partial charge in [-0.3, -0.25) is 24.6 Å². The van der Waals surface area contributed by atoms with E-state index in [0.29, 0.717) is 33.5 Å². The van der Waals surface area contributed by atoms with Crippen LogP contribution in [0.4, 0.5) is 10.5 Å².